The van der Waals surface area contributed by atoms with Crippen LogP contribution in [0.2, 0.25) is 0 Å². The van der Waals surface area contributed by atoms with Gasteiger partial charge in [-0.2, -0.15) is 5.21 Å². The van der Waals surface area contributed by atoms with Crippen LogP contribution in [-0.4, -0.2) is 25.5 Å². The average Bonchev–Trinajstić information content (AvgIpc) is 2.79. The molecule has 8 heteroatoms. The summed E-state index contributed by atoms with van der Waals surface area (Å²) < 4.78 is 0. The summed E-state index contributed by atoms with van der Waals surface area (Å²) in [4.78, 5) is 10.1. The molecule has 0 aliphatic carbocycles. The highest BCUT2D eigenvalue weighted by Gasteiger charge is 2.05. The van der Waals surface area contributed by atoms with E-state index in [0.29, 0.717) is 18.1 Å². The number of nitro benzene ring substituents is 1. The van der Waals surface area contributed by atoms with Crippen molar-refractivity contribution in [3.05, 3.63) is 40.2 Å². The largest absolute Gasteiger partial charge is 0.377 e. The SMILES string of the molecule is O=[N+]([O-])c1cccc(NCc2nn[nH]n2)c1. The Morgan fingerprint density at radius 2 is 2.38 bits per heavy atom. The average molecular weight is 220 g/mol. The lowest BCUT2D eigenvalue weighted by Gasteiger charge is -2.02. The molecule has 0 spiro atoms. The molecule has 0 bridgehead atoms. The van der Waals surface area contributed by atoms with Gasteiger partial charge in [0.1, 0.15) is 0 Å². The lowest BCUT2D eigenvalue weighted by molar-refractivity contribution is -0.384. The zero-order chi connectivity index (χ0) is 11.4. The van der Waals surface area contributed by atoms with Crippen molar-refractivity contribution in [1.29, 1.82) is 0 Å². The number of anilines is 1. The van der Waals surface area contributed by atoms with Gasteiger partial charge in [0.15, 0.2) is 5.82 Å². The van der Waals surface area contributed by atoms with Crippen molar-refractivity contribution in [2.24, 2.45) is 0 Å². The fourth-order valence-electron chi connectivity index (χ4n) is 1.17. The number of aromatic nitrogens is 4. The summed E-state index contributed by atoms with van der Waals surface area (Å²) in [6, 6.07) is 6.21. The van der Waals surface area contributed by atoms with Crippen LogP contribution in [0.3, 0.4) is 0 Å². The lowest BCUT2D eigenvalue weighted by atomic mass is 10.3. The van der Waals surface area contributed by atoms with Gasteiger partial charge < -0.3 is 5.32 Å². The Balaban J connectivity index is 2.04. The van der Waals surface area contributed by atoms with Crippen LogP contribution in [0.4, 0.5) is 11.4 Å². The van der Waals surface area contributed by atoms with Crippen LogP contribution in [0, 0.1) is 10.1 Å². The third-order valence-electron chi connectivity index (χ3n) is 1.90. The molecule has 0 aliphatic rings. The molecule has 16 heavy (non-hydrogen) atoms. The highest BCUT2D eigenvalue weighted by molar-refractivity contribution is 5.50. The molecule has 0 aliphatic heterocycles. The monoisotopic (exact) mass is 220 g/mol. The quantitative estimate of drug-likeness (QED) is 0.580. The number of H-pyrrole nitrogens is 1. The molecular formula is C8H8N6O2. The predicted octanol–water partition coefficient (Wildman–Crippen LogP) is 0.720. The summed E-state index contributed by atoms with van der Waals surface area (Å²) >= 11 is 0. The summed E-state index contributed by atoms with van der Waals surface area (Å²) in [7, 11) is 0. The molecule has 0 fully saturated rings. The van der Waals surface area contributed by atoms with Crippen molar-refractivity contribution >= 4 is 11.4 Å². The molecule has 8 nitrogen and oxygen atoms in total. The Morgan fingerprint density at radius 3 is 3.06 bits per heavy atom. The number of tetrazole rings is 1. The molecule has 82 valence electrons. The summed E-state index contributed by atoms with van der Waals surface area (Å²) in [6.07, 6.45) is 0. The van der Waals surface area contributed by atoms with Crippen molar-refractivity contribution in [1.82, 2.24) is 20.6 Å². The van der Waals surface area contributed by atoms with E-state index >= 15 is 0 Å². The Hall–Kier alpha value is -2.51. The number of rotatable bonds is 4. The Bertz CT molecular complexity index is 483. The summed E-state index contributed by atoms with van der Waals surface area (Å²) in [6.45, 7) is 0.359. The first kappa shape index (κ1) is 10.0. The Labute approximate surface area is 89.8 Å². The van der Waals surface area contributed by atoms with E-state index in [1.165, 1.54) is 12.1 Å². The first-order valence-corrected chi connectivity index (χ1v) is 4.46. The van der Waals surface area contributed by atoms with E-state index in [1.54, 1.807) is 12.1 Å². The van der Waals surface area contributed by atoms with Crippen molar-refractivity contribution in [3.63, 3.8) is 0 Å². The van der Waals surface area contributed by atoms with Crippen LogP contribution < -0.4 is 5.32 Å². The van der Waals surface area contributed by atoms with E-state index in [4.69, 9.17) is 0 Å². The number of hydrogen-bond acceptors (Lipinski definition) is 6. The van der Waals surface area contributed by atoms with Gasteiger partial charge >= 0.3 is 0 Å². The molecule has 0 saturated heterocycles. The Morgan fingerprint density at radius 1 is 1.50 bits per heavy atom. The molecule has 2 N–H and O–H groups in total. The summed E-state index contributed by atoms with van der Waals surface area (Å²) in [5.41, 5.74) is 0.678. The molecule has 1 heterocycles. The number of nitrogens with zero attached hydrogens (tertiary/aromatic N) is 4. The van der Waals surface area contributed by atoms with Crippen LogP contribution in [0.25, 0.3) is 0 Å². The minimum absolute atomic E-state index is 0.0399. The molecule has 1 aromatic heterocycles. The van der Waals surface area contributed by atoms with E-state index in [1.807, 2.05) is 0 Å². The van der Waals surface area contributed by atoms with Gasteiger partial charge in [-0.15, -0.1) is 10.2 Å². The van der Waals surface area contributed by atoms with Gasteiger partial charge in [0, 0.05) is 17.8 Å². The summed E-state index contributed by atoms with van der Waals surface area (Å²) in [5.74, 6) is 0.492. The van der Waals surface area contributed by atoms with Gasteiger partial charge in [-0.25, -0.2) is 0 Å². The number of hydrogen-bond donors (Lipinski definition) is 2. The van der Waals surface area contributed by atoms with E-state index in [0.717, 1.165) is 0 Å². The number of nitrogens with one attached hydrogen (secondary N) is 2. The minimum Gasteiger partial charge on any atom is -0.377 e. The fraction of sp³-hybridized carbons (Fsp3) is 0.125. The van der Waals surface area contributed by atoms with E-state index in [2.05, 4.69) is 25.9 Å². The second-order valence-corrected chi connectivity index (χ2v) is 2.99. The maximum atomic E-state index is 10.5. The number of aromatic amines is 1. The molecule has 0 atom stereocenters. The van der Waals surface area contributed by atoms with Crippen LogP contribution >= 0.6 is 0 Å². The molecular weight excluding hydrogens is 212 g/mol. The standard InChI is InChI=1S/C8H8N6O2/c15-14(16)7-3-1-2-6(4-7)9-5-8-10-12-13-11-8/h1-4,9H,5H2,(H,10,11,12,13). The third kappa shape index (κ3) is 2.29. The van der Waals surface area contributed by atoms with Crippen molar-refractivity contribution in [3.8, 4) is 0 Å². The fourth-order valence-corrected chi connectivity index (χ4v) is 1.17. The van der Waals surface area contributed by atoms with E-state index in [9.17, 15) is 10.1 Å². The zero-order valence-corrected chi connectivity index (χ0v) is 8.12. The minimum atomic E-state index is -0.445. The van der Waals surface area contributed by atoms with Crippen LogP contribution in [0.5, 0.6) is 0 Å². The number of non-ortho nitro benzene ring substituents is 1. The Kier molecular flexibility index (Phi) is 2.72. The van der Waals surface area contributed by atoms with Crippen molar-refractivity contribution in [2.75, 3.05) is 5.32 Å². The number of nitro groups is 1. The van der Waals surface area contributed by atoms with Gasteiger partial charge in [-0.1, -0.05) is 11.3 Å². The van der Waals surface area contributed by atoms with Gasteiger partial charge in [-0.3, -0.25) is 10.1 Å². The van der Waals surface area contributed by atoms with Gasteiger partial charge in [0.05, 0.1) is 11.5 Å². The molecule has 1 aromatic carbocycles. The topological polar surface area (TPSA) is 110 Å². The van der Waals surface area contributed by atoms with Gasteiger partial charge in [-0.05, 0) is 6.07 Å². The van der Waals surface area contributed by atoms with Crippen molar-refractivity contribution < 1.29 is 4.92 Å². The number of benzene rings is 1. The smallest absolute Gasteiger partial charge is 0.271 e. The second-order valence-electron chi connectivity index (χ2n) is 2.99. The normalized spacial score (nSPS) is 10.0. The molecule has 0 unspecified atom stereocenters. The van der Waals surface area contributed by atoms with Gasteiger partial charge in [0.2, 0.25) is 0 Å². The predicted molar refractivity (Wildman–Crippen MR) is 54.6 cm³/mol. The highest BCUT2D eigenvalue weighted by atomic mass is 16.6. The van der Waals surface area contributed by atoms with E-state index < -0.39 is 4.92 Å². The van der Waals surface area contributed by atoms with E-state index in [-0.39, 0.29) is 5.69 Å². The van der Waals surface area contributed by atoms with Crippen molar-refractivity contribution in [2.45, 2.75) is 6.54 Å². The van der Waals surface area contributed by atoms with Crippen LogP contribution in [0.15, 0.2) is 24.3 Å². The first-order valence-electron chi connectivity index (χ1n) is 4.46. The zero-order valence-electron chi connectivity index (χ0n) is 8.12. The van der Waals surface area contributed by atoms with Crippen LogP contribution in [0.1, 0.15) is 5.82 Å². The molecule has 0 radical (unpaired) electrons. The molecule has 2 aromatic rings. The second kappa shape index (κ2) is 4.34. The maximum absolute atomic E-state index is 10.5. The summed E-state index contributed by atoms with van der Waals surface area (Å²) in [5, 5.41) is 26.7. The lowest BCUT2D eigenvalue weighted by Crippen LogP contribution is -2.01. The molecule has 0 amide bonds. The van der Waals surface area contributed by atoms with Crippen LogP contribution in [-0.2, 0) is 6.54 Å². The molecule has 0 saturated carbocycles. The van der Waals surface area contributed by atoms with Gasteiger partial charge in [0.25, 0.3) is 5.69 Å². The molecule has 2 rings (SSSR count). The maximum Gasteiger partial charge on any atom is 0.271 e. The highest BCUT2D eigenvalue weighted by Crippen LogP contribution is 2.17. The third-order valence-corrected chi connectivity index (χ3v) is 1.90. The first-order chi connectivity index (χ1) is 7.75.